The predicted molar refractivity (Wildman–Crippen MR) is 73.4 cm³/mol. The number of aliphatic hydroxyl groups excluding tert-OH is 1. The number of amides is 1. The molecule has 0 heterocycles. The number of likely N-dealkylation sites (N-methyl/N-ethyl adjacent to an activating group) is 1. The van der Waals surface area contributed by atoms with Crippen LogP contribution in [0.25, 0.3) is 0 Å². The predicted octanol–water partition coefficient (Wildman–Crippen LogP) is 1.38. The lowest BCUT2D eigenvalue weighted by Crippen LogP contribution is -2.41. The molecule has 0 aromatic rings. The van der Waals surface area contributed by atoms with Gasteiger partial charge in [-0.25, -0.2) is 0 Å². The fourth-order valence-electron chi connectivity index (χ4n) is 2.25. The van der Waals surface area contributed by atoms with E-state index in [1.54, 1.807) is 0 Å². The molecule has 1 unspecified atom stereocenters. The van der Waals surface area contributed by atoms with E-state index in [1.165, 1.54) is 0 Å². The van der Waals surface area contributed by atoms with E-state index >= 15 is 0 Å². The summed E-state index contributed by atoms with van der Waals surface area (Å²) in [6, 6.07) is 0.476. The fraction of sp³-hybridized carbons (Fsp3) is 0.929. The van der Waals surface area contributed by atoms with Crippen molar-refractivity contribution in [3.05, 3.63) is 0 Å². The van der Waals surface area contributed by atoms with E-state index < -0.39 is 0 Å². The molecular formula is C14H28N2O2. The van der Waals surface area contributed by atoms with Gasteiger partial charge in [0, 0.05) is 19.1 Å². The molecule has 4 heteroatoms. The maximum Gasteiger partial charge on any atom is 0.236 e. The molecule has 4 nitrogen and oxygen atoms in total. The average molecular weight is 256 g/mol. The summed E-state index contributed by atoms with van der Waals surface area (Å²) in [4.78, 5) is 13.8. The Hall–Kier alpha value is -0.610. The number of aliphatic hydroxyl groups is 1. The summed E-state index contributed by atoms with van der Waals surface area (Å²) in [6.07, 6.45) is 2.65. The molecule has 1 aliphatic rings. The Labute approximate surface area is 111 Å². The fourth-order valence-corrected chi connectivity index (χ4v) is 2.25. The van der Waals surface area contributed by atoms with Gasteiger partial charge in [-0.05, 0) is 31.6 Å². The molecule has 0 spiro atoms. The van der Waals surface area contributed by atoms with E-state index in [0.29, 0.717) is 19.1 Å². The molecular weight excluding hydrogens is 228 g/mol. The van der Waals surface area contributed by atoms with Crippen LogP contribution in [0.2, 0.25) is 0 Å². The molecule has 0 saturated heterocycles. The van der Waals surface area contributed by atoms with E-state index in [2.05, 4.69) is 26.1 Å². The van der Waals surface area contributed by atoms with Crippen LogP contribution in [0.5, 0.6) is 0 Å². The zero-order valence-electron chi connectivity index (χ0n) is 12.2. The van der Waals surface area contributed by atoms with Crippen LogP contribution in [0.15, 0.2) is 0 Å². The molecule has 1 aliphatic carbocycles. The van der Waals surface area contributed by atoms with Crippen molar-refractivity contribution in [1.29, 1.82) is 0 Å². The Morgan fingerprint density at radius 2 is 2.06 bits per heavy atom. The Balaban J connectivity index is 2.18. The van der Waals surface area contributed by atoms with Gasteiger partial charge >= 0.3 is 0 Å². The van der Waals surface area contributed by atoms with Crippen LogP contribution in [0, 0.1) is 5.41 Å². The van der Waals surface area contributed by atoms with E-state index in [4.69, 9.17) is 0 Å². The first-order valence-electron chi connectivity index (χ1n) is 7.01. The molecule has 0 radical (unpaired) electrons. The summed E-state index contributed by atoms with van der Waals surface area (Å²) in [5, 5.41) is 12.9. The molecule has 106 valence electrons. The van der Waals surface area contributed by atoms with Crippen LogP contribution in [-0.4, -0.2) is 47.7 Å². The van der Waals surface area contributed by atoms with Gasteiger partial charge in [-0.1, -0.05) is 20.8 Å². The monoisotopic (exact) mass is 256 g/mol. The molecule has 1 atom stereocenters. The highest BCUT2D eigenvalue weighted by Gasteiger charge is 2.30. The number of hydrogen-bond donors (Lipinski definition) is 2. The quantitative estimate of drug-likeness (QED) is 0.723. The van der Waals surface area contributed by atoms with Crippen molar-refractivity contribution in [2.75, 3.05) is 19.6 Å². The van der Waals surface area contributed by atoms with Gasteiger partial charge in [0.15, 0.2) is 0 Å². The van der Waals surface area contributed by atoms with Crippen LogP contribution in [0.3, 0.4) is 0 Å². The van der Waals surface area contributed by atoms with Crippen LogP contribution < -0.4 is 5.32 Å². The third-order valence-electron chi connectivity index (χ3n) is 3.15. The normalized spacial score (nSPS) is 17.6. The van der Waals surface area contributed by atoms with Crippen molar-refractivity contribution in [2.45, 2.75) is 59.1 Å². The summed E-state index contributed by atoms with van der Waals surface area (Å²) >= 11 is 0. The largest absolute Gasteiger partial charge is 0.392 e. The molecule has 18 heavy (non-hydrogen) atoms. The second-order valence-corrected chi connectivity index (χ2v) is 6.46. The second-order valence-electron chi connectivity index (χ2n) is 6.46. The molecule has 1 fully saturated rings. The highest BCUT2D eigenvalue weighted by Crippen LogP contribution is 2.26. The van der Waals surface area contributed by atoms with Crippen LogP contribution in [0.1, 0.15) is 47.0 Å². The number of carbonyl (C=O) groups is 1. The third kappa shape index (κ3) is 5.83. The number of carbonyl (C=O) groups excluding carboxylic acids is 1. The summed E-state index contributed by atoms with van der Waals surface area (Å²) in [7, 11) is 0. The number of nitrogens with zero attached hydrogens (tertiary/aromatic N) is 1. The first kappa shape index (κ1) is 15.4. The summed E-state index contributed by atoms with van der Waals surface area (Å²) < 4.78 is 0. The molecule has 0 bridgehead atoms. The third-order valence-corrected chi connectivity index (χ3v) is 3.15. The number of nitrogens with one attached hydrogen (secondary N) is 1. The van der Waals surface area contributed by atoms with Gasteiger partial charge in [-0.3, -0.25) is 4.79 Å². The standard InChI is InChI=1S/C14H28N2O2/c1-5-16(11-6-7-11)13(18)10-15-9-12(17)8-14(2,3)4/h11-12,15,17H,5-10H2,1-4H3. The van der Waals surface area contributed by atoms with Crippen molar-refractivity contribution in [3.63, 3.8) is 0 Å². The minimum Gasteiger partial charge on any atom is -0.392 e. The second kappa shape index (κ2) is 6.53. The summed E-state index contributed by atoms with van der Waals surface area (Å²) in [6.45, 7) is 9.95. The minimum absolute atomic E-state index is 0.120. The van der Waals surface area contributed by atoms with Crippen LogP contribution in [-0.2, 0) is 4.79 Å². The van der Waals surface area contributed by atoms with Crippen molar-refractivity contribution < 1.29 is 9.90 Å². The average Bonchev–Trinajstić information content (AvgIpc) is 3.00. The first-order valence-corrected chi connectivity index (χ1v) is 7.01. The lowest BCUT2D eigenvalue weighted by molar-refractivity contribution is -0.130. The zero-order chi connectivity index (χ0) is 13.8. The number of hydrogen-bond acceptors (Lipinski definition) is 3. The van der Waals surface area contributed by atoms with Gasteiger partial charge in [0.05, 0.1) is 12.6 Å². The lowest BCUT2D eigenvalue weighted by Gasteiger charge is -2.24. The van der Waals surface area contributed by atoms with Gasteiger partial charge in [0.2, 0.25) is 5.91 Å². The highest BCUT2D eigenvalue weighted by molar-refractivity contribution is 5.78. The molecule has 2 N–H and O–H groups in total. The molecule has 0 aromatic heterocycles. The van der Waals surface area contributed by atoms with E-state index in [9.17, 15) is 9.90 Å². The lowest BCUT2D eigenvalue weighted by atomic mass is 9.89. The Morgan fingerprint density at radius 1 is 1.44 bits per heavy atom. The van der Waals surface area contributed by atoms with Gasteiger partial charge in [-0.15, -0.1) is 0 Å². The smallest absolute Gasteiger partial charge is 0.236 e. The Morgan fingerprint density at radius 3 is 2.50 bits per heavy atom. The maximum absolute atomic E-state index is 11.9. The van der Waals surface area contributed by atoms with Crippen molar-refractivity contribution in [1.82, 2.24) is 10.2 Å². The zero-order valence-corrected chi connectivity index (χ0v) is 12.2. The minimum atomic E-state index is -0.381. The molecule has 1 amide bonds. The van der Waals surface area contributed by atoms with E-state index in [-0.39, 0.29) is 17.4 Å². The highest BCUT2D eigenvalue weighted by atomic mass is 16.3. The topological polar surface area (TPSA) is 52.6 Å². The van der Waals surface area contributed by atoms with Crippen molar-refractivity contribution >= 4 is 5.91 Å². The van der Waals surface area contributed by atoms with Crippen LogP contribution >= 0.6 is 0 Å². The van der Waals surface area contributed by atoms with Crippen molar-refractivity contribution in [3.8, 4) is 0 Å². The summed E-state index contributed by atoms with van der Waals surface area (Å²) in [5.74, 6) is 0.156. The Bertz CT molecular complexity index is 269. The first-order chi connectivity index (χ1) is 8.33. The molecule has 0 aromatic carbocycles. The molecule has 0 aliphatic heterocycles. The Kier molecular flexibility index (Phi) is 5.60. The van der Waals surface area contributed by atoms with E-state index in [0.717, 1.165) is 25.8 Å². The van der Waals surface area contributed by atoms with Gasteiger partial charge in [0.1, 0.15) is 0 Å². The maximum atomic E-state index is 11.9. The SMILES string of the molecule is CCN(C(=O)CNCC(O)CC(C)(C)C)C1CC1. The van der Waals surface area contributed by atoms with E-state index in [1.807, 2.05) is 11.8 Å². The van der Waals surface area contributed by atoms with Crippen LogP contribution in [0.4, 0.5) is 0 Å². The van der Waals surface area contributed by atoms with Gasteiger partial charge in [-0.2, -0.15) is 0 Å². The summed E-state index contributed by atoms with van der Waals surface area (Å²) in [5.41, 5.74) is 0.120. The van der Waals surface area contributed by atoms with Crippen molar-refractivity contribution in [2.24, 2.45) is 5.41 Å². The molecule has 1 saturated carbocycles. The van der Waals surface area contributed by atoms with Gasteiger partial charge in [0.25, 0.3) is 0 Å². The van der Waals surface area contributed by atoms with Gasteiger partial charge < -0.3 is 15.3 Å². The number of rotatable bonds is 7. The molecule has 1 rings (SSSR count).